The zero-order valence-electron chi connectivity index (χ0n) is 17.0. The first-order valence-corrected chi connectivity index (χ1v) is 10.8. The van der Waals surface area contributed by atoms with E-state index < -0.39 is 5.97 Å². The molecule has 0 unspecified atom stereocenters. The van der Waals surface area contributed by atoms with Gasteiger partial charge in [-0.15, -0.1) is 21.5 Å². The summed E-state index contributed by atoms with van der Waals surface area (Å²) in [6, 6.07) is 7.80. The number of esters is 1. The minimum absolute atomic E-state index is 0.179. The van der Waals surface area contributed by atoms with Gasteiger partial charge in [0.2, 0.25) is 17.7 Å². The average molecular weight is 426 g/mol. The number of carbonyl (C=O) groups excluding carboxylic acids is 2. The van der Waals surface area contributed by atoms with Crippen LogP contribution in [0.4, 0.5) is 5.00 Å². The van der Waals surface area contributed by atoms with Gasteiger partial charge in [-0.05, 0) is 50.3 Å². The van der Waals surface area contributed by atoms with Gasteiger partial charge in [-0.2, -0.15) is 0 Å². The molecular formula is C22H23N3O4S. The standard InChI is InChI=1S/C22H23N3O4S/c1-13-7-9-14(10-8-13)20-25-24-18(29-20)12-11-17(26)23-21-19(22(27)28-2)15-5-3-4-6-16(15)30-21/h7-10H,3-6,11-12H2,1-2H3,(H,23,26). The van der Waals surface area contributed by atoms with E-state index >= 15 is 0 Å². The number of nitrogens with zero attached hydrogens (tertiary/aromatic N) is 2. The van der Waals surface area contributed by atoms with Crippen molar-refractivity contribution in [1.29, 1.82) is 0 Å². The monoisotopic (exact) mass is 425 g/mol. The van der Waals surface area contributed by atoms with E-state index in [0.29, 0.717) is 28.8 Å². The molecule has 1 N–H and O–H groups in total. The van der Waals surface area contributed by atoms with Gasteiger partial charge in [-0.25, -0.2) is 4.79 Å². The Morgan fingerprint density at radius 3 is 2.70 bits per heavy atom. The second kappa shape index (κ2) is 8.79. The number of benzene rings is 1. The summed E-state index contributed by atoms with van der Waals surface area (Å²) in [7, 11) is 1.36. The van der Waals surface area contributed by atoms with E-state index in [4.69, 9.17) is 9.15 Å². The normalized spacial score (nSPS) is 13.0. The molecule has 1 aromatic carbocycles. The van der Waals surface area contributed by atoms with E-state index in [-0.39, 0.29) is 12.3 Å². The predicted molar refractivity (Wildman–Crippen MR) is 114 cm³/mol. The number of aromatic nitrogens is 2. The number of carbonyl (C=O) groups is 2. The van der Waals surface area contributed by atoms with Crippen molar-refractivity contribution in [3.05, 3.63) is 51.7 Å². The number of thiophene rings is 1. The summed E-state index contributed by atoms with van der Waals surface area (Å²) in [6.07, 6.45) is 4.42. The van der Waals surface area contributed by atoms with Crippen LogP contribution in [0.5, 0.6) is 0 Å². The Hall–Kier alpha value is -3.00. The van der Waals surface area contributed by atoms with Gasteiger partial charge in [0.1, 0.15) is 5.00 Å². The van der Waals surface area contributed by atoms with Crippen molar-refractivity contribution < 1.29 is 18.7 Å². The summed E-state index contributed by atoms with van der Waals surface area (Å²) >= 11 is 1.47. The fraction of sp³-hybridized carbons (Fsp3) is 0.364. The Balaban J connectivity index is 1.42. The fourth-order valence-corrected chi connectivity index (χ4v) is 4.84. The maximum absolute atomic E-state index is 12.5. The van der Waals surface area contributed by atoms with Gasteiger partial charge < -0.3 is 14.5 Å². The molecular weight excluding hydrogens is 402 g/mol. The Kier molecular flexibility index (Phi) is 5.94. The molecule has 0 saturated heterocycles. The van der Waals surface area contributed by atoms with E-state index in [1.807, 2.05) is 31.2 Å². The predicted octanol–water partition coefficient (Wildman–Crippen LogP) is 4.34. The van der Waals surface area contributed by atoms with Crippen LogP contribution in [0.2, 0.25) is 0 Å². The van der Waals surface area contributed by atoms with Crippen molar-refractivity contribution in [2.75, 3.05) is 12.4 Å². The SMILES string of the molecule is COC(=O)c1c(NC(=O)CCc2nnc(-c3ccc(C)cc3)o2)sc2c1CCCC2. The van der Waals surface area contributed by atoms with Gasteiger partial charge in [-0.1, -0.05) is 17.7 Å². The van der Waals surface area contributed by atoms with Gasteiger partial charge in [0.05, 0.1) is 12.7 Å². The molecule has 0 fully saturated rings. The van der Waals surface area contributed by atoms with Crippen LogP contribution in [0.3, 0.4) is 0 Å². The molecule has 0 spiro atoms. The molecule has 3 aromatic rings. The van der Waals surface area contributed by atoms with Crippen LogP contribution >= 0.6 is 11.3 Å². The molecule has 0 aliphatic heterocycles. The molecule has 7 nitrogen and oxygen atoms in total. The summed E-state index contributed by atoms with van der Waals surface area (Å²) in [6.45, 7) is 2.01. The fourth-order valence-electron chi connectivity index (χ4n) is 3.55. The molecule has 8 heteroatoms. The highest BCUT2D eigenvalue weighted by molar-refractivity contribution is 7.17. The lowest BCUT2D eigenvalue weighted by molar-refractivity contribution is -0.116. The Bertz CT molecular complexity index is 1070. The van der Waals surface area contributed by atoms with Crippen LogP contribution in [-0.2, 0) is 28.8 Å². The second-order valence-corrected chi connectivity index (χ2v) is 8.43. The lowest BCUT2D eigenvalue weighted by Crippen LogP contribution is -2.15. The lowest BCUT2D eigenvalue weighted by Gasteiger charge is -2.11. The van der Waals surface area contributed by atoms with Crippen LogP contribution in [-0.4, -0.2) is 29.2 Å². The highest BCUT2D eigenvalue weighted by Gasteiger charge is 2.27. The molecule has 0 radical (unpaired) electrons. The smallest absolute Gasteiger partial charge is 0.341 e. The Morgan fingerprint density at radius 2 is 1.93 bits per heavy atom. The van der Waals surface area contributed by atoms with Crippen LogP contribution < -0.4 is 5.32 Å². The van der Waals surface area contributed by atoms with Crippen LogP contribution in [0.1, 0.15) is 51.5 Å². The molecule has 0 atom stereocenters. The third kappa shape index (κ3) is 4.28. The van der Waals surface area contributed by atoms with Gasteiger partial charge in [0.25, 0.3) is 0 Å². The number of methoxy groups -OCH3 is 1. The molecule has 4 rings (SSSR count). The minimum atomic E-state index is -0.399. The number of anilines is 1. The molecule has 0 saturated carbocycles. The van der Waals surface area contributed by atoms with E-state index in [1.54, 1.807) is 0 Å². The number of fused-ring (bicyclic) bond motifs is 1. The van der Waals surface area contributed by atoms with E-state index in [1.165, 1.54) is 18.4 Å². The summed E-state index contributed by atoms with van der Waals surface area (Å²) in [4.78, 5) is 26.0. The molecule has 1 aliphatic rings. The number of hydrogen-bond acceptors (Lipinski definition) is 7. The first kappa shape index (κ1) is 20.3. The third-order valence-electron chi connectivity index (χ3n) is 5.15. The van der Waals surface area contributed by atoms with Crippen molar-refractivity contribution >= 4 is 28.2 Å². The van der Waals surface area contributed by atoms with Gasteiger partial charge in [0, 0.05) is 23.3 Å². The molecule has 30 heavy (non-hydrogen) atoms. The first-order chi connectivity index (χ1) is 14.5. The maximum Gasteiger partial charge on any atom is 0.341 e. The van der Waals surface area contributed by atoms with Gasteiger partial charge in [0.15, 0.2) is 0 Å². The quantitative estimate of drug-likeness (QED) is 0.590. The summed E-state index contributed by atoms with van der Waals surface area (Å²) in [5.41, 5.74) is 3.52. The summed E-state index contributed by atoms with van der Waals surface area (Å²) in [5.74, 6) is 0.238. The number of aryl methyl sites for hydroxylation is 3. The van der Waals surface area contributed by atoms with Crippen molar-refractivity contribution in [3.8, 4) is 11.5 Å². The second-order valence-electron chi connectivity index (χ2n) is 7.32. The van der Waals surface area contributed by atoms with E-state index in [2.05, 4.69) is 15.5 Å². The third-order valence-corrected chi connectivity index (χ3v) is 6.35. The molecule has 0 bridgehead atoms. The van der Waals surface area contributed by atoms with Crippen LogP contribution in [0.25, 0.3) is 11.5 Å². The maximum atomic E-state index is 12.5. The van der Waals surface area contributed by atoms with E-state index in [0.717, 1.165) is 47.3 Å². The van der Waals surface area contributed by atoms with Crippen LogP contribution in [0, 0.1) is 6.92 Å². The molecule has 1 amide bonds. The van der Waals surface area contributed by atoms with Gasteiger partial charge in [-0.3, -0.25) is 4.79 Å². The number of ether oxygens (including phenoxy) is 1. The van der Waals surface area contributed by atoms with Crippen molar-refractivity contribution in [2.45, 2.75) is 45.4 Å². The lowest BCUT2D eigenvalue weighted by atomic mass is 9.95. The van der Waals surface area contributed by atoms with Crippen molar-refractivity contribution in [1.82, 2.24) is 10.2 Å². The highest BCUT2D eigenvalue weighted by atomic mass is 32.1. The van der Waals surface area contributed by atoms with Crippen molar-refractivity contribution in [3.63, 3.8) is 0 Å². The Morgan fingerprint density at radius 1 is 1.17 bits per heavy atom. The zero-order valence-corrected chi connectivity index (χ0v) is 17.8. The van der Waals surface area contributed by atoms with Crippen molar-refractivity contribution in [2.24, 2.45) is 0 Å². The molecule has 2 heterocycles. The minimum Gasteiger partial charge on any atom is -0.465 e. The van der Waals surface area contributed by atoms with E-state index in [9.17, 15) is 9.59 Å². The first-order valence-electron chi connectivity index (χ1n) is 9.97. The summed E-state index contributed by atoms with van der Waals surface area (Å²) < 4.78 is 10.6. The van der Waals surface area contributed by atoms with Crippen LogP contribution in [0.15, 0.2) is 28.7 Å². The zero-order chi connectivity index (χ0) is 21.1. The molecule has 1 aliphatic carbocycles. The van der Waals surface area contributed by atoms with Gasteiger partial charge >= 0.3 is 5.97 Å². The summed E-state index contributed by atoms with van der Waals surface area (Å²) in [5, 5.41) is 11.6. The molecule has 156 valence electrons. The highest BCUT2D eigenvalue weighted by Crippen LogP contribution is 2.38. The number of nitrogens with one attached hydrogen (secondary N) is 1. The number of rotatable bonds is 6. The number of hydrogen-bond donors (Lipinski definition) is 1. The topological polar surface area (TPSA) is 94.3 Å². The molecule has 2 aromatic heterocycles. The average Bonchev–Trinajstić information content (AvgIpc) is 3.36. The largest absolute Gasteiger partial charge is 0.465 e. The Labute approximate surface area is 178 Å². The number of amides is 1.